The van der Waals surface area contributed by atoms with Gasteiger partial charge >= 0.3 is 0 Å². The maximum atomic E-state index is 12.8. The van der Waals surface area contributed by atoms with Crippen LogP contribution in [0.15, 0.2) is 54.9 Å². The van der Waals surface area contributed by atoms with Crippen LogP contribution in [-0.4, -0.2) is 58.5 Å². The van der Waals surface area contributed by atoms with Gasteiger partial charge in [0.1, 0.15) is 6.07 Å². The molecule has 2 N–H and O–H groups in total. The summed E-state index contributed by atoms with van der Waals surface area (Å²) in [6.07, 6.45) is 8.96. The molecule has 9 nitrogen and oxygen atoms in total. The quantitative estimate of drug-likeness (QED) is 0.386. The zero-order valence-electron chi connectivity index (χ0n) is 21.9. The van der Waals surface area contributed by atoms with Gasteiger partial charge in [-0.05, 0) is 37.0 Å². The van der Waals surface area contributed by atoms with E-state index >= 15 is 0 Å². The van der Waals surface area contributed by atoms with Crippen LogP contribution >= 0.6 is 11.3 Å². The van der Waals surface area contributed by atoms with E-state index in [-0.39, 0.29) is 23.2 Å². The number of hydrogen-bond acceptors (Lipinski definition) is 8. The molecule has 2 bridgehead atoms. The van der Waals surface area contributed by atoms with Gasteiger partial charge in [0.2, 0.25) is 11.8 Å². The van der Waals surface area contributed by atoms with E-state index in [2.05, 4.69) is 31.6 Å². The number of ether oxygens (including phenoxy) is 1. The number of aryl methyl sites for hydroxylation is 1. The second-order valence-electron chi connectivity index (χ2n) is 9.74. The lowest BCUT2D eigenvalue weighted by atomic mass is 9.96. The van der Waals surface area contributed by atoms with E-state index < -0.39 is 5.92 Å². The highest BCUT2D eigenvalue weighted by Gasteiger charge is 2.38. The lowest BCUT2D eigenvalue weighted by molar-refractivity contribution is -0.117. The minimum Gasteiger partial charge on any atom is -0.375 e. The van der Waals surface area contributed by atoms with Crippen molar-refractivity contribution in [2.24, 2.45) is 0 Å². The van der Waals surface area contributed by atoms with Crippen molar-refractivity contribution in [2.75, 3.05) is 30.3 Å². The van der Waals surface area contributed by atoms with Crippen molar-refractivity contribution in [3.05, 3.63) is 70.9 Å². The first-order chi connectivity index (χ1) is 18.9. The average Bonchev–Trinajstić information content (AvgIpc) is 3.70. The molecule has 4 heterocycles. The number of nitrogens with one attached hydrogen (secondary N) is 2. The molecule has 0 saturated carbocycles. The zero-order valence-corrected chi connectivity index (χ0v) is 22.7. The average molecular weight is 543 g/mol. The van der Waals surface area contributed by atoms with Crippen LogP contribution in [0.25, 0.3) is 11.1 Å². The minimum absolute atomic E-state index is 0.142. The number of amides is 2. The van der Waals surface area contributed by atoms with Crippen molar-refractivity contribution >= 4 is 34.1 Å². The summed E-state index contributed by atoms with van der Waals surface area (Å²) in [6.45, 7) is 6.23. The molecular weight excluding hydrogens is 512 g/mol. The SMILES string of the molecule is CCc1cnc(NC(=O)C(C)c2cccc(-c3cnc(NC(=O)/C=C/CN4CC5CC4CO5)c(C#N)c3)c2)s1. The highest BCUT2D eigenvalue weighted by Crippen LogP contribution is 2.29. The van der Waals surface area contributed by atoms with E-state index in [4.69, 9.17) is 4.74 Å². The van der Waals surface area contributed by atoms with E-state index in [9.17, 15) is 14.9 Å². The summed E-state index contributed by atoms with van der Waals surface area (Å²) in [7, 11) is 0. The molecule has 2 amide bonds. The number of aromatic nitrogens is 2. The lowest BCUT2D eigenvalue weighted by Gasteiger charge is -2.24. The van der Waals surface area contributed by atoms with Crippen molar-refractivity contribution in [2.45, 2.75) is 44.8 Å². The first kappa shape index (κ1) is 26.7. The number of carbonyl (C=O) groups is 2. The number of anilines is 2. The second-order valence-corrected chi connectivity index (χ2v) is 10.9. The molecule has 3 unspecified atom stereocenters. The van der Waals surface area contributed by atoms with Crippen LogP contribution < -0.4 is 10.6 Å². The zero-order chi connectivity index (χ0) is 27.4. The molecule has 5 rings (SSSR count). The molecule has 10 heteroatoms. The molecule has 2 aliphatic rings. The summed E-state index contributed by atoms with van der Waals surface area (Å²) in [4.78, 5) is 37.4. The van der Waals surface area contributed by atoms with Crippen molar-refractivity contribution in [3.8, 4) is 17.2 Å². The molecule has 0 aliphatic carbocycles. The molecule has 3 aromatic rings. The molecular formula is C29H30N6O3S. The largest absolute Gasteiger partial charge is 0.375 e. The van der Waals surface area contributed by atoms with Crippen molar-refractivity contribution in [1.29, 1.82) is 5.26 Å². The molecule has 1 aromatic carbocycles. The van der Waals surface area contributed by atoms with Gasteiger partial charge in [0.25, 0.3) is 0 Å². The van der Waals surface area contributed by atoms with Gasteiger partial charge in [-0.2, -0.15) is 5.26 Å². The lowest BCUT2D eigenvalue weighted by Crippen LogP contribution is -2.36. The number of hydrogen-bond donors (Lipinski definition) is 2. The van der Waals surface area contributed by atoms with Gasteiger partial charge < -0.3 is 15.4 Å². The van der Waals surface area contributed by atoms with E-state index in [1.54, 1.807) is 18.5 Å². The number of benzene rings is 1. The number of fused-ring (bicyclic) bond motifs is 2. The van der Waals surface area contributed by atoms with Gasteiger partial charge in [0.15, 0.2) is 10.9 Å². The fourth-order valence-corrected chi connectivity index (χ4v) is 5.60. The van der Waals surface area contributed by atoms with Gasteiger partial charge in [0.05, 0.1) is 24.2 Å². The maximum absolute atomic E-state index is 12.8. The predicted octanol–water partition coefficient (Wildman–Crippen LogP) is 4.35. The van der Waals surface area contributed by atoms with Gasteiger partial charge in [0, 0.05) is 48.0 Å². The van der Waals surface area contributed by atoms with Gasteiger partial charge in [-0.1, -0.05) is 37.3 Å². The molecule has 0 spiro atoms. The molecule has 39 heavy (non-hydrogen) atoms. The Kier molecular flexibility index (Phi) is 8.12. The summed E-state index contributed by atoms with van der Waals surface area (Å²) < 4.78 is 5.61. The monoisotopic (exact) mass is 542 g/mol. The second kappa shape index (κ2) is 11.9. The Hall–Kier alpha value is -3.91. The summed E-state index contributed by atoms with van der Waals surface area (Å²) in [5.41, 5.74) is 2.62. The van der Waals surface area contributed by atoms with Crippen LogP contribution in [0.5, 0.6) is 0 Å². The van der Waals surface area contributed by atoms with Crippen LogP contribution in [0.3, 0.4) is 0 Å². The summed E-state index contributed by atoms with van der Waals surface area (Å²) in [5.74, 6) is -0.670. The molecule has 2 aliphatic heterocycles. The van der Waals surface area contributed by atoms with Crippen molar-refractivity contribution in [1.82, 2.24) is 14.9 Å². The molecule has 3 atom stereocenters. The highest BCUT2D eigenvalue weighted by molar-refractivity contribution is 7.15. The minimum atomic E-state index is -0.407. The Labute approximate surface area is 231 Å². The smallest absolute Gasteiger partial charge is 0.249 e. The van der Waals surface area contributed by atoms with E-state index in [1.165, 1.54) is 17.4 Å². The van der Waals surface area contributed by atoms with Crippen LogP contribution in [0, 0.1) is 11.3 Å². The number of nitrogens with zero attached hydrogens (tertiary/aromatic N) is 4. The van der Waals surface area contributed by atoms with E-state index in [0.717, 1.165) is 42.0 Å². The Morgan fingerprint density at radius 1 is 1.26 bits per heavy atom. The summed E-state index contributed by atoms with van der Waals surface area (Å²) in [6, 6.07) is 11.8. The van der Waals surface area contributed by atoms with Crippen molar-refractivity contribution < 1.29 is 14.3 Å². The third kappa shape index (κ3) is 6.23. The maximum Gasteiger partial charge on any atom is 0.249 e. The molecule has 0 radical (unpaired) electrons. The van der Waals surface area contributed by atoms with E-state index in [0.29, 0.717) is 29.4 Å². The third-order valence-electron chi connectivity index (χ3n) is 7.12. The number of carbonyl (C=O) groups excluding carboxylic acids is 2. The molecule has 200 valence electrons. The number of rotatable bonds is 9. The Morgan fingerprint density at radius 3 is 2.85 bits per heavy atom. The van der Waals surface area contributed by atoms with Crippen LogP contribution in [0.2, 0.25) is 0 Å². The number of nitriles is 1. The number of likely N-dealkylation sites (tertiary alicyclic amines) is 1. The Bertz CT molecular complexity index is 1440. The topological polar surface area (TPSA) is 120 Å². The fraction of sp³-hybridized carbons (Fsp3) is 0.345. The van der Waals surface area contributed by atoms with Crippen molar-refractivity contribution in [3.63, 3.8) is 0 Å². The molecule has 2 saturated heterocycles. The highest BCUT2D eigenvalue weighted by atomic mass is 32.1. The first-order valence-corrected chi connectivity index (χ1v) is 13.8. The van der Waals surface area contributed by atoms with Crippen LogP contribution in [0.4, 0.5) is 10.9 Å². The normalized spacial score (nSPS) is 19.2. The molecule has 2 fully saturated rings. The van der Waals surface area contributed by atoms with Crippen LogP contribution in [0.1, 0.15) is 42.2 Å². The summed E-state index contributed by atoms with van der Waals surface area (Å²) >= 11 is 1.47. The standard InChI is InChI=1S/C29H30N6O3S/c1-3-25-15-32-29(39-25)34-28(37)18(2)19-6-4-7-20(10-19)22-11-21(13-30)27(31-14-22)33-26(36)8-5-9-35-16-24-12-23(35)17-38-24/h4-8,10-11,14-15,18,23-24H,3,9,12,16-17H2,1-2H3,(H,31,33,36)(H,32,34,37)/b8-5+. The van der Waals surface area contributed by atoms with E-state index in [1.807, 2.05) is 44.2 Å². The first-order valence-electron chi connectivity index (χ1n) is 13.0. The van der Waals surface area contributed by atoms with Gasteiger partial charge in [-0.25, -0.2) is 9.97 Å². The van der Waals surface area contributed by atoms with Gasteiger partial charge in [-0.15, -0.1) is 11.3 Å². The predicted molar refractivity (Wildman–Crippen MR) is 150 cm³/mol. The Morgan fingerprint density at radius 2 is 2.13 bits per heavy atom. The third-order valence-corrected chi connectivity index (χ3v) is 8.18. The van der Waals surface area contributed by atoms with Crippen LogP contribution in [-0.2, 0) is 20.7 Å². The Balaban J connectivity index is 1.23. The molecule has 2 aromatic heterocycles. The number of pyridine rings is 1. The fourth-order valence-electron chi connectivity index (χ4n) is 4.84. The number of morpholine rings is 1. The summed E-state index contributed by atoms with van der Waals surface area (Å²) in [5, 5.41) is 15.9. The van der Waals surface area contributed by atoms with Gasteiger partial charge in [-0.3, -0.25) is 14.5 Å². The number of thiazole rings is 1.